The molecular formula is C16H17NO4. The molecule has 21 heavy (non-hydrogen) atoms. The van der Waals surface area contributed by atoms with Crippen molar-refractivity contribution in [3.8, 4) is 11.5 Å². The van der Waals surface area contributed by atoms with Crippen LogP contribution in [0.5, 0.6) is 11.5 Å². The van der Waals surface area contributed by atoms with Crippen LogP contribution in [0.1, 0.15) is 30.6 Å². The number of nitro benzene ring substituents is 1. The summed E-state index contributed by atoms with van der Waals surface area (Å²) in [6, 6.07) is 11.9. The fraction of sp³-hybridized carbons (Fsp3) is 0.250. The van der Waals surface area contributed by atoms with Crippen LogP contribution in [0, 0.1) is 17.0 Å². The first-order valence-electron chi connectivity index (χ1n) is 6.73. The van der Waals surface area contributed by atoms with Crippen molar-refractivity contribution in [2.24, 2.45) is 0 Å². The van der Waals surface area contributed by atoms with Crippen molar-refractivity contribution < 1.29 is 14.8 Å². The monoisotopic (exact) mass is 287 g/mol. The Hall–Kier alpha value is -2.40. The van der Waals surface area contributed by atoms with E-state index in [0.29, 0.717) is 29.0 Å². The normalized spacial score (nSPS) is 12.0. The number of nitrogens with zero attached hydrogens (tertiary/aromatic N) is 1. The van der Waals surface area contributed by atoms with E-state index in [2.05, 4.69) is 0 Å². The molecule has 0 spiro atoms. The zero-order valence-electron chi connectivity index (χ0n) is 11.9. The number of hydrogen-bond donors (Lipinski definition) is 1. The van der Waals surface area contributed by atoms with E-state index in [1.54, 1.807) is 37.3 Å². The second-order valence-electron chi connectivity index (χ2n) is 4.72. The highest BCUT2D eigenvalue weighted by Crippen LogP contribution is 2.34. The molecule has 0 fully saturated rings. The highest BCUT2D eigenvalue weighted by molar-refractivity contribution is 5.50. The van der Waals surface area contributed by atoms with Gasteiger partial charge in [-0.3, -0.25) is 10.1 Å². The van der Waals surface area contributed by atoms with Crippen molar-refractivity contribution in [1.29, 1.82) is 0 Å². The van der Waals surface area contributed by atoms with E-state index in [-0.39, 0.29) is 5.69 Å². The number of rotatable bonds is 5. The van der Waals surface area contributed by atoms with Gasteiger partial charge in [-0.05, 0) is 25.5 Å². The summed E-state index contributed by atoms with van der Waals surface area (Å²) in [6.07, 6.45) is -0.0610. The summed E-state index contributed by atoms with van der Waals surface area (Å²) in [5.74, 6) is 0.926. The Morgan fingerprint density at radius 1 is 1.19 bits per heavy atom. The quantitative estimate of drug-likeness (QED) is 0.662. The topological polar surface area (TPSA) is 72.6 Å². The molecule has 1 N–H and O–H groups in total. The molecule has 2 aromatic rings. The van der Waals surface area contributed by atoms with Gasteiger partial charge in [0.2, 0.25) is 0 Å². The zero-order valence-corrected chi connectivity index (χ0v) is 11.9. The van der Waals surface area contributed by atoms with E-state index >= 15 is 0 Å². The number of ether oxygens (including phenoxy) is 1. The largest absolute Gasteiger partial charge is 0.456 e. The van der Waals surface area contributed by atoms with Crippen LogP contribution in [-0.2, 0) is 0 Å². The SMILES string of the molecule is CC[C@H](O)c1ccccc1Oc1cccc([N+](=O)[O-])c1C. The summed E-state index contributed by atoms with van der Waals surface area (Å²) in [7, 11) is 0. The Bertz CT molecular complexity index is 654. The Kier molecular flexibility index (Phi) is 4.55. The molecule has 0 bridgehead atoms. The van der Waals surface area contributed by atoms with Gasteiger partial charge < -0.3 is 9.84 Å². The molecule has 0 radical (unpaired) electrons. The smallest absolute Gasteiger partial charge is 0.276 e. The van der Waals surface area contributed by atoms with Gasteiger partial charge in [-0.25, -0.2) is 0 Å². The van der Waals surface area contributed by atoms with Gasteiger partial charge in [-0.1, -0.05) is 31.2 Å². The molecule has 0 saturated carbocycles. The molecule has 0 amide bonds. The molecule has 0 saturated heterocycles. The van der Waals surface area contributed by atoms with E-state index in [1.165, 1.54) is 6.07 Å². The van der Waals surface area contributed by atoms with Crippen LogP contribution in [0.4, 0.5) is 5.69 Å². The third kappa shape index (κ3) is 3.20. The van der Waals surface area contributed by atoms with E-state index in [9.17, 15) is 15.2 Å². The predicted molar refractivity (Wildman–Crippen MR) is 79.6 cm³/mol. The maximum absolute atomic E-state index is 11.0. The van der Waals surface area contributed by atoms with Gasteiger partial charge in [-0.15, -0.1) is 0 Å². The van der Waals surface area contributed by atoms with Crippen LogP contribution in [-0.4, -0.2) is 10.0 Å². The van der Waals surface area contributed by atoms with Gasteiger partial charge in [0.25, 0.3) is 5.69 Å². The lowest BCUT2D eigenvalue weighted by molar-refractivity contribution is -0.385. The number of aliphatic hydroxyl groups excluding tert-OH is 1. The van der Waals surface area contributed by atoms with Crippen LogP contribution < -0.4 is 4.74 Å². The van der Waals surface area contributed by atoms with Crippen LogP contribution in [0.2, 0.25) is 0 Å². The molecule has 0 heterocycles. The average molecular weight is 287 g/mol. The van der Waals surface area contributed by atoms with Crippen molar-refractivity contribution >= 4 is 5.69 Å². The lowest BCUT2D eigenvalue weighted by atomic mass is 10.1. The van der Waals surface area contributed by atoms with Crippen molar-refractivity contribution in [2.75, 3.05) is 0 Å². The fourth-order valence-corrected chi connectivity index (χ4v) is 2.10. The molecule has 0 aliphatic carbocycles. The summed E-state index contributed by atoms with van der Waals surface area (Å²) >= 11 is 0. The molecule has 0 aliphatic heterocycles. The van der Waals surface area contributed by atoms with Crippen LogP contribution >= 0.6 is 0 Å². The van der Waals surface area contributed by atoms with Gasteiger partial charge in [-0.2, -0.15) is 0 Å². The van der Waals surface area contributed by atoms with E-state index in [1.807, 2.05) is 13.0 Å². The minimum Gasteiger partial charge on any atom is -0.456 e. The van der Waals surface area contributed by atoms with Crippen molar-refractivity contribution in [3.05, 3.63) is 63.7 Å². The highest BCUT2D eigenvalue weighted by Gasteiger charge is 2.17. The van der Waals surface area contributed by atoms with Gasteiger partial charge in [0.05, 0.1) is 16.6 Å². The maximum atomic E-state index is 11.0. The molecule has 5 heteroatoms. The number of aliphatic hydroxyl groups is 1. The van der Waals surface area contributed by atoms with Crippen molar-refractivity contribution in [3.63, 3.8) is 0 Å². The van der Waals surface area contributed by atoms with Gasteiger partial charge in [0.1, 0.15) is 11.5 Å². The third-order valence-electron chi connectivity index (χ3n) is 3.34. The summed E-state index contributed by atoms with van der Waals surface area (Å²) < 4.78 is 5.79. The van der Waals surface area contributed by atoms with E-state index in [4.69, 9.17) is 4.74 Å². The predicted octanol–water partition coefficient (Wildman–Crippen LogP) is 4.14. The number of nitro groups is 1. The zero-order chi connectivity index (χ0) is 15.4. The molecule has 2 aromatic carbocycles. The van der Waals surface area contributed by atoms with Gasteiger partial charge >= 0.3 is 0 Å². The average Bonchev–Trinajstić information content (AvgIpc) is 2.49. The highest BCUT2D eigenvalue weighted by atomic mass is 16.6. The van der Waals surface area contributed by atoms with E-state index < -0.39 is 11.0 Å². The Balaban J connectivity index is 2.40. The van der Waals surface area contributed by atoms with Crippen LogP contribution in [0.15, 0.2) is 42.5 Å². The van der Waals surface area contributed by atoms with Crippen LogP contribution in [0.25, 0.3) is 0 Å². The fourth-order valence-electron chi connectivity index (χ4n) is 2.10. The number of hydrogen-bond acceptors (Lipinski definition) is 4. The number of para-hydroxylation sites is 1. The summed E-state index contributed by atoms with van der Waals surface area (Å²) in [6.45, 7) is 3.52. The van der Waals surface area contributed by atoms with E-state index in [0.717, 1.165) is 0 Å². The second-order valence-corrected chi connectivity index (χ2v) is 4.72. The molecule has 0 unspecified atom stereocenters. The Morgan fingerprint density at radius 2 is 1.86 bits per heavy atom. The minimum absolute atomic E-state index is 0.0148. The molecule has 5 nitrogen and oxygen atoms in total. The molecule has 110 valence electrons. The van der Waals surface area contributed by atoms with Crippen LogP contribution in [0.3, 0.4) is 0 Å². The lowest BCUT2D eigenvalue weighted by Gasteiger charge is -2.15. The second kappa shape index (κ2) is 6.37. The molecule has 2 rings (SSSR count). The third-order valence-corrected chi connectivity index (χ3v) is 3.34. The first-order valence-corrected chi connectivity index (χ1v) is 6.73. The Labute approximate surface area is 123 Å². The molecule has 0 aromatic heterocycles. The Morgan fingerprint density at radius 3 is 2.52 bits per heavy atom. The summed E-state index contributed by atoms with van der Waals surface area (Å²) in [5, 5.41) is 21.0. The first kappa shape index (κ1) is 15.0. The van der Waals surface area contributed by atoms with Gasteiger partial charge in [0.15, 0.2) is 0 Å². The standard InChI is InChI=1S/C16H17NO4/c1-3-14(18)12-7-4-5-9-16(12)21-15-10-6-8-13(11(15)2)17(19)20/h4-10,14,18H,3H2,1-2H3/t14-/m0/s1. The molecule has 1 atom stereocenters. The lowest BCUT2D eigenvalue weighted by Crippen LogP contribution is -2.00. The maximum Gasteiger partial charge on any atom is 0.276 e. The van der Waals surface area contributed by atoms with Gasteiger partial charge in [0, 0.05) is 11.6 Å². The van der Waals surface area contributed by atoms with Crippen molar-refractivity contribution in [1.82, 2.24) is 0 Å². The minimum atomic E-state index is -0.625. The van der Waals surface area contributed by atoms with Crippen molar-refractivity contribution in [2.45, 2.75) is 26.4 Å². The summed E-state index contributed by atoms with van der Waals surface area (Å²) in [4.78, 5) is 10.5. The number of benzene rings is 2. The molecule has 0 aliphatic rings. The first-order chi connectivity index (χ1) is 10.0. The molecular weight excluding hydrogens is 270 g/mol. The summed E-state index contributed by atoms with van der Waals surface area (Å²) in [5.41, 5.74) is 1.15.